The summed E-state index contributed by atoms with van der Waals surface area (Å²) in [4.78, 5) is 0. The molecule has 2 rings (SSSR count). The molecule has 2 atom stereocenters. The molecular weight excluding hydrogens is 155 g/mol. The van der Waals surface area contributed by atoms with Crippen molar-refractivity contribution in [2.24, 2.45) is 0 Å². The Morgan fingerprint density at radius 2 is 2.42 bits per heavy atom. The Kier molecular flexibility index (Phi) is 1.87. The molecule has 66 valence electrons. The number of nitrogens with zero attached hydrogens (tertiary/aromatic N) is 2. The summed E-state index contributed by atoms with van der Waals surface area (Å²) < 4.78 is 14.7. The summed E-state index contributed by atoms with van der Waals surface area (Å²) in [7, 11) is 0. The molecule has 0 radical (unpaired) electrons. The van der Waals surface area contributed by atoms with E-state index < -0.39 is 6.17 Å². The maximum absolute atomic E-state index is 12.8. The Balaban J connectivity index is 2.11. The van der Waals surface area contributed by atoms with Crippen molar-refractivity contribution in [2.45, 2.75) is 38.4 Å². The molecule has 1 aromatic heterocycles. The van der Waals surface area contributed by atoms with E-state index in [9.17, 15) is 4.39 Å². The predicted octanol–water partition coefficient (Wildman–Crippen LogP) is 2.25. The zero-order chi connectivity index (χ0) is 8.55. The van der Waals surface area contributed by atoms with E-state index in [-0.39, 0.29) is 0 Å². The molecule has 0 saturated heterocycles. The fourth-order valence-corrected chi connectivity index (χ4v) is 1.78. The largest absolute Gasteiger partial charge is 0.269 e. The zero-order valence-corrected chi connectivity index (χ0v) is 7.20. The topological polar surface area (TPSA) is 17.8 Å². The van der Waals surface area contributed by atoms with E-state index in [0.717, 1.165) is 12.0 Å². The summed E-state index contributed by atoms with van der Waals surface area (Å²) in [6.07, 6.45) is 5.47. The van der Waals surface area contributed by atoms with Gasteiger partial charge < -0.3 is 0 Å². The standard InChI is InChI=1S/C9H13FN2/c1-7-5-11-12(6-7)9-3-2-8(10)4-9/h5-6,8-9H,2-4H2,1H3. The molecule has 0 aromatic carbocycles. The van der Waals surface area contributed by atoms with Crippen LogP contribution >= 0.6 is 0 Å². The summed E-state index contributed by atoms with van der Waals surface area (Å²) in [6, 6.07) is 0.300. The van der Waals surface area contributed by atoms with Crippen LogP contribution < -0.4 is 0 Å². The molecule has 1 heterocycles. The Hall–Kier alpha value is -0.860. The maximum atomic E-state index is 12.8. The summed E-state index contributed by atoms with van der Waals surface area (Å²) in [5.74, 6) is 0. The van der Waals surface area contributed by atoms with Gasteiger partial charge in [0.05, 0.1) is 12.2 Å². The van der Waals surface area contributed by atoms with Crippen LogP contribution in [0.3, 0.4) is 0 Å². The van der Waals surface area contributed by atoms with Gasteiger partial charge in [-0.3, -0.25) is 4.68 Å². The first-order valence-corrected chi connectivity index (χ1v) is 4.40. The van der Waals surface area contributed by atoms with E-state index in [1.54, 1.807) is 0 Å². The molecule has 1 fully saturated rings. The molecule has 1 aliphatic rings. The fourth-order valence-electron chi connectivity index (χ4n) is 1.78. The van der Waals surface area contributed by atoms with Crippen molar-refractivity contribution in [1.82, 2.24) is 9.78 Å². The molecule has 12 heavy (non-hydrogen) atoms. The molecule has 3 heteroatoms. The van der Waals surface area contributed by atoms with Crippen LogP contribution in [0.15, 0.2) is 12.4 Å². The second-order valence-corrected chi connectivity index (χ2v) is 3.56. The maximum Gasteiger partial charge on any atom is 0.102 e. The van der Waals surface area contributed by atoms with Gasteiger partial charge in [0.25, 0.3) is 0 Å². The van der Waals surface area contributed by atoms with Gasteiger partial charge in [-0.2, -0.15) is 5.10 Å². The highest BCUT2D eigenvalue weighted by atomic mass is 19.1. The van der Waals surface area contributed by atoms with Crippen molar-refractivity contribution in [3.63, 3.8) is 0 Å². The number of aryl methyl sites for hydroxylation is 1. The third-order valence-electron chi connectivity index (χ3n) is 2.45. The van der Waals surface area contributed by atoms with Crippen LogP contribution in [0.1, 0.15) is 30.9 Å². The molecule has 2 unspecified atom stereocenters. The van der Waals surface area contributed by atoms with Crippen LogP contribution in [0.5, 0.6) is 0 Å². The van der Waals surface area contributed by atoms with Gasteiger partial charge in [-0.1, -0.05) is 0 Å². The van der Waals surface area contributed by atoms with Crippen molar-refractivity contribution in [2.75, 3.05) is 0 Å². The molecule has 1 aliphatic carbocycles. The summed E-state index contributed by atoms with van der Waals surface area (Å²) in [5.41, 5.74) is 1.15. The van der Waals surface area contributed by atoms with Crippen molar-refractivity contribution in [3.8, 4) is 0 Å². The SMILES string of the molecule is Cc1cnn(C2CCC(F)C2)c1. The van der Waals surface area contributed by atoms with E-state index in [1.165, 1.54) is 0 Å². The van der Waals surface area contributed by atoms with Gasteiger partial charge in [-0.05, 0) is 25.3 Å². The molecule has 1 saturated carbocycles. The first-order chi connectivity index (χ1) is 5.75. The van der Waals surface area contributed by atoms with Crippen molar-refractivity contribution < 1.29 is 4.39 Å². The Morgan fingerprint density at radius 3 is 2.92 bits per heavy atom. The van der Waals surface area contributed by atoms with Gasteiger partial charge >= 0.3 is 0 Å². The number of hydrogen-bond donors (Lipinski definition) is 0. The lowest BCUT2D eigenvalue weighted by Gasteiger charge is -2.08. The Labute approximate surface area is 71.4 Å². The fraction of sp³-hybridized carbons (Fsp3) is 0.667. The summed E-state index contributed by atoms with van der Waals surface area (Å²) in [6.45, 7) is 2.01. The van der Waals surface area contributed by atoms with Gasteiger partial charge in [-0.25, -0.2) is 4.39 Å². The second-order valence-electron chi connectivity index (χ2n) is 3.56. The molecule has 0 spiro atoms. The van der Waals surface area contributed by atoms with Crippen LogP contribution in [0.2, 0.25) is 0 Å². The second kappa shape index (κ2) is 2.88. The van der Waals surface area contributed by atoms with Crippen LogP contribution in [-0.4, -0.2) is 16.0 Å². The molecule has 2 nitrogen and oxygen atoms in total. The van der Waals surface area contributed by atoms with Crippen molar-refractivity contribution in [1.29, 1.82) is 0 Å². The Morgan fingerprint density at radius 1 is 1.58 bits per heavy atom. The van der Waals surface area contributed by atoms with E-state index in [4.69, 9.17) is 0 Å². The van der Waals surface area contributed by atoms with Gasteiger partial charge in [0.2, 0.25) is 0 Å². The predicted molar refractivity (Wildman–Crippen MR) is 44.7 cm³/mol. The van der Waals surface area contributed by atoms with Crippen LogP contribution in [0.25, 0.3) is 0 Å². The molecule has 0 amide bonds. The number of aromatic nitrogens is 2. The quantitative estimate of drug-likeness (QED) is 0.629. The van der Waals surface area contributed by atoms with Crippen molar-refractivity contribution in [3.05, 3.63) is 18.0 Å². The van der Waals surface area contributed by atoms with Crippen LogP contribution in [0.4, 0.5) is 4.39 Å². The zero-order valence-electron chi connectivity index (χ0n) is 7.20. The molecule has 0 N–H and O–H groups in total. The first-order valence-electron chi connectivity index (χ1n) is 4.40. The average molecular weight is 168 g/mol. The van der Waals surface area contributed by atoms with Crippen molar-refractivity contribution >= 4 is 0 Å². The lowest BCUT2D eigenvalue weighted by Crippen LogP contribution is -2.05. The van der Waals surface area contributed by atoms with Crippen LogP contribution in [-0.2, 0) is 0 Å². The average Bonchev–Trinajstić information content (AvgIpc) is 2.58. The monoisotopic (exact) mass is 168 g/mol. The minimum Gasteiger partial charge on any atom is -0.269 e. The lowest BCUT2D eigenvalue weighted by atomic mass is 10.2. The van der Waals surface area contributed by atoms with E-state index in [2.05, 4.69) is 5.10 Å². The molecule has 0 bridgehead atoms. The molecule has 0 aliphatic heterocycles. The smallest absolute Gasteiger partial charge is 0.102 e. The highest BCUT2D eigenvalue weighted by Gasteiger charge is 2.25. The lowest BCUT2D eigenvalue weighted by molar-refractivity contribution is 0.326. The number of hydrogen-bond acceptors (Lipinski definition) is 1. The summed E-state index contributed by atoms with van der Waals surface area (Å²) in [5, 5.41) is 4.18. The van der Waals surface area contributed by atoms with Gasteiger partial charge in [0.1, 0.15) is 6.17 Å². The third-order valence-corrected chi connectivity index (χ3v) is 2.45. The highest BCUT2D eigenvalue weighted by molar-refractivity contribution is 5.01. The minimum absolute atomic E-state index is 0.300. The third kappa shape index (κ3) is 1.36. The number of rotatable bonds is 1. The van der Waals surface area contributed by atoms with E-state index in [0.29, 0.717) is 18.9 Å². The van der Waals surface area contributed by atoms with Gasteiger partial charge in [-0.15, -0.1) is 0 Å². The van der Waals surface area contributed by atoms with E-state index in [1.807, 2.05) is 24.0 Å². The van der Waals surface area contributed by atoms with Gasteiger partial charge in [0, 0.05) is 12.6 Å². The van der Waals surface area contributed by atoms with Gasteiger partial charge in [0.15, 0.2) is 0 Å². The summed E-state index contributed by atoms with van der Waals surface area (Å²) >= 11 is 0. The Bertz CT molecular complexity index is 269. The number of halogens is 1. The normalized spacial score (nSPS) is 29.5. The first kappa shape index (κ1) is 7.77. The minimum atomic E-state index is -0.612. The highest BCUT2D eigenvalue weighted by Crippen LogP contribution is 2.31. The van der Waals surface area contributed by atoms with E-state index >= 15 is 0 Å². The number of alkyl halides is 1. The van der Waals surface area contributed by atoms with Crippen LogP contribution in [0, 0.1) is 6.92 Å². The molecular formula is C9H13FN2. The molecule has 1 aromatic rings.